The molecule has 3 nitrogen and oxygen atoms in total. The molecule has 2 N–H and O–H groups in total. The monoisotopic (exact) mass is 236 g/mol. The molecule has 1 aliphatic heterocycles. The minimum absolute atomic E-state index is 0.258. The van der Waals surface area contributed by atoms with E-state index >= 15 is 0 Å². The number of hydrogen-bond acceptors (Lipinski definition) is 2. The highest BCUT2D eigenvalue weighted by molar-refractivity contribution is 5.85. The number of carbonyl (C=O) groups is 1. The second-order valence-electron chi connectivity index (χ2n) is 4.38. The second-order valence-corrected chi connectivity index (χ2v) is 4.38. The number of benzene rings is 1. The summed E-state index contributed by atoms with van der Waals surface area (Å²) >= 11 is 0. The van der Waals surface area contributed by atoms with Gasteiger partial charge in [0.25, 0.3) is 5.91 Å². The van der Waals surface area contributed by atoms with Crippen LogP contribution < -0.4 is 10.6 Å². The van der Waals surface area contributed by atoms with E-state index in [-0.39, 0.29) is 12.8 Å². The average Bonchev–Trinajstić information content (AvgIpc) is 2.38. The molecule has 4 heteroatoms. The highest BCUT2D eigenvalue weighted by Gasteiger charge is 2.39. The van der Waals surface area contributed by atoms with E-state index in [1.165, 1.54) is 0 Å². The fourth-order valence-electron chi connectivity index (χ4n) is 1.99. The van der Waals surface area contributed by atoms with Crippen LogP contribution in [0.3, 0.4) is 0 Å². The first-order valence-electron chi connectivity index (χ1n) is 5.93. The first kappa shape index (κ1) is 12.0. The predicted molar refractivity (Wildman–Crippen MR) is 64.2 cm³/mol. The third-order valence-electron chi connectivity index (χ3n) is 3.10. The van der Waals surface area contributed by atoms with Gasteiger partial charge in [0.15, 0.2) is 5.67 Å². The van der Waals surface area contributed by atoms with Gasteiger partial charge in [0.2, 0.25) is 0 Å². The van der Waals surface area contributed by atoms with Gasteiger partial charge in [0.1, 0.15) is 0 Å². The van der Waals surface area contributed by atoms with Gasteiger partial charge in [0, 0.05) is 19.4 Å². The van der Waals surface area contributed by atoms with Gasteiger partial charge in [-0.3, -0.25) is 4.79 Å². The van der Waals surface area contributed by atoms with Crippen LogP contribution in [0, 0.1) is 0 Å². The summed E-state index contributed by atoms with van der Waals surface area (Å²) in [4.78, 5) is 11.8. The Labute approximate surface area is 100 Å². The van der Waals surface area contributed by atoms with Crippen molar-refractivity contribution in [1.82, 2.24) is 10.6 Å². The standard InChI is InChI=1S/C13H17FN2O/c14-13(6-8-15-9-7-13)12(17)16-10-11-4-2-1-3-5-11/h1-5,15H,6-10H2,(H,16,17). The van der Waals surface area contributed by atoms with E-state index in [4.69, 9.17) is 0 Å². The Morgan fingerprint density at radius 1 is 1.29 bits per heavy atom. The van der Waals surface area contributed by atoms with Crippen molar-refractivity contribution in [2.45, 2.75) is 25.1 Å². The van der Waals surface area contributed by atoms with Crippen LogP contribution in [0.25, 0.3) is 0 Å². The van der Waals surface area contributed by atoms with E-state index < -0.39 is 11.6 Å². The Kier molecular flexibility index (Phi) is 3.74. The summed E-state index contributed by atoms with van der Waals surface area (Å²) in [6, 6.07) is 9.53. The molecule has 1 heterocycles. The number of hydrogen-bond donors (Lipinski definition) is 2. The second kappa shape index (κ2) is 5.27. The number of rotatable bonds is 3. The van der Waals surface area contributed by atoms with Crippen LogP contribution in [-0.4, -0.2) is 24.7 Å². The molecule has 0 unspecified atom stereocenters. The fourth-order valence-corrected chi connectivity index (χ4v) is 1.99. The van der Waals surface area contributed by atoms with E-state index in [2.05, 4.69) is 10.6 Å². The Balaban J connectivity index is 1.88. The summed E-state index contributed by atoms with van der Waals surface area (Å²) in [6.45, 7) is 1.52. The molecule has 2 rings (SSSR count). The number of carbonyl (C=O) groups excluding carboxylic acids is 1. The van der Waals surface area contributed by atoms with Crippen molar-refractivity contribution in [1.29, 1.82) is 0 Å². The summed E-state index contributed by atoms with van der Waals surface area (Å²) in [5.41, 5.74) is -0.710. The van der Waals surface area contributed by atoms with Crippen molar-refractivity contribution in [2.24, 2.45) is 0 Å². The lowest BCUT2D eigenvalue weighted by atomic mass is 9.93. The molecule has 1 fully saturated rings. The predicted octanol–water partition coefficient (Wildman–Crippen LogP) is 1.39. The minimum atomic E-state index is -1.69. The zero-order valence-electron chi connectivity index (χ0n) is 9.71. The summed E-state index contributed by atoms with van der Waals surface area (Å²) < 4.78 is 14.2. The van der Waals surface area contributed by atoms with Crippen LogP contribution in [-0.2, 0) is 11.3 Å². The topological polar surface area (TPSA) is 41.1 Å². The third kappa shape index (κ3) is 3.03. The molecule has 1 aliphatic rings. The molecular formula is C13H17FN2O. The van der Waals surface area contributed by atoms with E-state index in [1.54, 1.807) is 0 Å². The Hall–Kier alpha value is -1.42. The van der Waals surface area contributed by atoms with Gasteiger partial charge in [-0.25, -0.2) is 4.39 Å². The first-order chi connectivity index (χ1) is 8.21. The minimum Gasteiger partial charge on any atom is -0.349 e. The van der Waals surface area contributed by atoms with Crippen molar-refractivity contribution in [3.63, 3.8) is 0 Å². The van der Waals surface area contributed by atoms with Crippen LogP contribution in [0.4, 0.5) is 4.39 Å². The van der Waals surface area contributed by atoms with Gasteiger partial charge in [-0.2, -0.15) is 0 Å². The molecule has 1 aromatic rings. The Bertz CT molecular complexity index is 374. The van der Waals surface area contributed by atoms with Crippen LogP contribution in [0.15, 0.2) is 30.3 Å². The van der Waals surface area contributed by atoms with Crippen molar-refractivity contribution in [3.05, 3.63) is 35.9 Å². The molecule has 0 saturated carbocycles. The molecular weight excluding hydrogens is 219 g/mol. The van der Waals surface area contributed by atoms with Crippen LogP contribution in [0.1, 0.15) is 18.4 Å². The lowest BCUT2D eigenvalue weighted by molar-refractivity contribution is -0.134. The molecule has 0 aromatic heterocycles. The molecule has 0 radical (unpaired) electrons. The molecule has 1 saturated heterocycles. The lowest BCUT2D eigenvalue weighted by Gasteiger charge is -2.28. The first-order valence-corrected chi connectivity index (χ1v) is 5.93. The Morgan fingerprint density at radius 2 is 1.94 bits per heavy atom. The van der Waals surface area contributed by atoms with Gasteiger partial charge < -0.3 is 10.6 Å². The van der Waals surface area contributed by atoms with Crippen molar-refractivity contribution in [2.75, 3.05) is 13.1 Å². The molecule has 1 amide bonds. The smallest absolute Gasteiger partial charge is 0.258 e. The summed E-state index contributed by atoms with van der Waals surface area (Å²) in [5.74, 6) is -0.483. The number of amides is 1. The normalized spacial score (nSPS) is 18.6. The molecule has 0 atom stereocenters. The summed E-state index contributed by atoms with van der Waals surface area (Å²) in [6.07, 6.45) is 0.515. The zero-order valence-corrected chi connectivity index (χ0v) is 9.71. The SMILES string of the molecule is O=C(NCc1ccccc1)C1(F)CCNCC1. The third-order valence-corrected chi connectivity index (χ3v) is 3.10. The largest absolute Gasteiger partial charge is 0.349 e. The maximum atomic E-state index is 14.2. The van der Waals surface area contributed by atoms with Crippen molar-refractivity contribution < 1.29 is 9.18 Å². The molecule has 1 aromatic carbocycles. The van der Waals surface area contributed by atoms with Gasteiger partial charge in [-0.1, -0.05) is 30.3 Å². The molecule has 17 heavy (non-hydrogen) atoms. The lowest BCUT2D eigenvalue weighted by Crippen LogP contribution is -2.49. The van der Waals surface area contributed by atoms with E-state index in [9.17, 15) is 9.18 Å². The zero-order chi connectivity index (χ0) is 12.1. The van der Waals surface area contributed by atoms with E-state index in [0.717, 1.165) is 5.56 Å². The van der Waals surface area contributed by atoms with Gasteiger partial charge >= 0.3 is 0 Å². The fraction of sp³-hybridized carbons (Fsp3) is 0.462. The molecule has 0 spiro atoms. The average molecular weight is 236 g/mol. The Morgan fingerprint density at radius 3 is 2.59 bits per heavy atom. The number of nitrogens with one attached hydrogen (secondary N) is 2. The number of halogens is 1. The number of piperidine rings is 1. The van der Waals surface area contributed by atoms with E-state index in [1.807, 2.05) is 30.3 Å². The number of alkyl halides is 1. The molecule has 0 aliphatic carbocycles. The highest BCUT2D eigenvalue weighted by Crippen LogP contribution is 2.23. The molecule has 0 bridgehead atoms. The summed E-state index contributed by atoms with van der Waals surface area (Å²) in [7, 11) is 0. The van der Waals surface area contributed by atoms with Crippen molar-refractivity contribution in [3.8, 4) is 0 Å². The maximum Gasteiger partial charge on any atom is 0.258 e. The van der Waals surface area contributed by atoms with Gasteiger partial charge in [-0.05, 0) is 18.7 Å². The van der Waals surface area contributed by atoms with Crippen LogP contribution >= 0.6 is 0 Å². The van der Waals surface area contributed by atoms with Crippen LogP contribution in [0.5, 0.6) is 0 Å². The highest BCUT2D eigenvalue weighted by atomic mass is 19.1. The van der Waals surface area contributed by atoms with E-state index in [0.29, 0.717) is 19.6 Å². The maximum absolute atomic E-state index is 14.2. The van der Waals surface area contributed by atoms with Crippen molar-refractivity contribution >= 4 is 5.91 Å². The van der Waals surface area contributed by atoms with Gasteiger partial charge in [0.05, 0.1) is 0 Å². The van der Waals surface area contributed by atoms with Gasteiger partial charge in [-0.15, -0.1) is 0 Å². The van der Waals surface area contributed by atoms with Crippen LogP contribution in [0.2, 0.25) is 0 Å². The summed E-state index contributed by atoms with van der Waals surface area (Å²) in [5, 5.41) is 5.72. The molecule has 92 valence electrons. The quantitative estimate of drug-likeness (QED) is 0.832.